The molecule has 32 heteroatoms. The lowest BCUT2D eigenvalue weighted by atomic mass is 9.94. The van der Waals surface area contributed by atoms with Crippen LogP contribution in [0.1, 0.15) is 0 Å². The molecule has 24 rings (SSSR count). The number of methoxy groups -OCH3 is 16. The van der Waals surface area contributed by atoms with Crippen LogP contribution in [0.3, 0.4) is 0 Å². The summed E-state index contributed by atoms with van der Waals surface area (Å²) >= 11 is 0. The highest BCUT2D eigenvalue weighted by Gasteiger charge is 2.61. The van der Waals surface area contributed by atoms with Gasteiger partial charge in [-0.25, -0.2) is 0 Å². The number of benzene rings is 2. The molecule has 580 valence electrons. The number of rotatable bonds is 32. The van der Waals surface area contributed by atoms with Crippen LogP contribution in [0.5, 0.6) is 23.0 Å². The Morgan fingerprint density at radius 1 is 0.235 bits per heavy atom. The van der Waals surface area contributed by atoms with Crippen molar-refractivity contribution in [3.63, 3.8) is 0 Å². The van der Waals surface area contributed by atoms with Gasteiger partial charge in [0, 0.05) is 114 Å². The molecule has 22 aliphatic heterocycles. The first-order valence-electron chi connectivity index (χ1n) is 33.9. The minimum atomic E-state index is -1.33. The Morgan fingerprint density at radius 2 is 0.402 bits per heavy atom. The Balaban J connectivity index is 1.17. The van der Waals surface area contributed by atoms with Crippen molar-refractivity contribution in [3.8, 4) is 23.0 Å². The van der Waals surface area contributed by atoms with E-state index >= 15 is 0 Å². The van der Waals surface area contributed by atoms with E-state index < -0.39 is 184 Å². The van der Waals surface area contributed by atoms with Crippen molar-refractivity contribution in [2.75, 3.05) is 167 Å². The quantitative estimate of drug-likeness (QED) is 0.0951. The fourth-order valence-corrected chi connectivity index (χ4v) is 14.3. The lowest BCUT2D eigenvalue weighted by Crippen LogP contribution is -2.70. The van der Waals surface area contributed by atoms with Gasteiger partial charge < -0.3 is 152 Å². The van der Waals surface area contributed by atoms with Gasteiger partial charge in [-0.1, -0.05) is 25.3 Å². The smallest absolute Gasteiger partial charge is 0.187 e. The number of hydrogen-bond donors (Lipinski definition) is 0. The molecule has 0 aromatic heterocycles. The third kappa shape index (κ3) is 18.9. The van der Waals surface area contributed by atoms with Gasteiger partial charge in [0.05, 0.1) is 26.4 Å². The molecule has 0 N–H and O–H groups in total. The Bertz CT molecular complexity index is 2640. The molecule has 22 heterocycles. The molecule has 0 unspecified atom stereocenters. The summed E-state index contributed by atoms with van der Waals surface area (Å²) in [4.78, 5) is 0. The van der Waals surface area contributed by atoms with Crippen LogP contribution >= 0.6 is 0 Å². The van der Waals surface area contributed by atoms with Gasteiger partial charge in [-0.2, -0.15) is 0 Å². The summed E-state index contributed by atoms with van der Waals surface area (Å²) in [6.45, 7) is 7.62. The minimum Gasteiger partial charge on any atom is -0.491 e. The van der Waals surface area contributed by atoms with Gasteiger partial charge in [0.25, 0.3) is 0 Å². The summed E-state index contributed by atoms with van der Waals surface area (Å²) in [5, 5.41) is 0. The maximum absolute atomic E-state index is 7.28. The zero-order valence-corrected chi connectivity index (χ0v) is 61.2. The molecule has 102 heavy (non-hydrogen) atoms. The fraction of sp³-hybridized carbons (Fsp3) is 0.771. The average Bonchev–Trinajstić information content (AvgIpc) is 0.764. The maximum atomic E-state index is 7.28. The molecule has 22 saturated heterocycles. The zero-order chi connectivity index (χ0) is 73.0. The van der Waals surface area contributed by atoms with Crippen LogP contribution in [0, 0.1) is 0 Å². The monoisotopic (exact) mass is 1460 g/mol. The largest absolute Gasteiger partial charge is 0.491 e. The summed E-state index contributed by atoms with van der Waals surface area (Å²) in [6, 6.07) is 14.1. The first kappa shape index (κ1) is 82.1. The Labute approximate surface area is 597 Å². The van der Waals surface area contributed by atoms with E-state index in [0.29, 0.717) is 36.2 Å². The zero-order valence-electron chi connectivity index (χ0n) is 61.2. The Morgan fingerprint density at radius 3 is 0.559 bits per heavy atom. The predicted molar refractivity (Wildman–Crippen MR) is 354 cm³/mol. The molecule has 2 aromatic rings. The van der Waals surface area contributed by atoms with Crippen molar-refractivity contribution < 1.29 is 152 Å². The van der Waals surface area contributed by atoms with Crippen LogP contribution in [0.2, 0.25) is 0 Å². The molecule has 22 fully saturated rings. The molecule has 32 nitrogen and oxygen atoms in total. The second-order valence-corrected chi connectivity index (χ2v) is 24.9. The molecule has 0 aliphatic carbocycles. The Hall–Kier alpha value is -4.00. The summed E-state index contributed by atoms with van der Waals surface area (Å²) < 4.78 is 209. The molecule has 30 atom stereocenters. The van der Waals surface area contributed by atoms with Gasteiger partial charge in [0.15, 0.2) is 37.7 Å². The van der Waals surface area contributed by atoms with Crippen LogP contribution in [-0.2, 0) is 133 Å². The van der Waals surface area contributed by atoms with Crippen molar-refractivity contribution in [2.24, 2.45) is 0 Å². The van der Waals surface area contributed by atoms with Gasteiger partial charge in [-0.15, -0.1) is 0 Å². The molecule has 12 bridgehead atoms. The molecule has 22 aliphatic rings. The second kappa shape index (κ2) is 40.8. The van der Waals surface area contributed by atoms with E-state index in [4.69, 9.17) is 152 Å². The van der Waals surface area contributed by atoms with E-state index in [0.717, 1.165) is 0 Å². The summed E-state index contributed by atoms with van der Waals surface area (Å²) in [6.07, 6.45) is -28.8. The second-order valence-electron chi connectivity index (χ2n) is 24.9. The van der Waals surface area contributed by atoms with Crippen LogP contribution in [0.4, 0.5) is 0 Å². The lowest BCUT2D eigenvalue weighted by Gasteiger charge is -2.53. The molecule has 0 saturated carbocycles. The Kier molecular flexibility index (Phi) is 32.8. The van der Waals surface area contributed by atoms with Crippen molar-refractivity contribution >= 4 is 0 Å². The third-order valence-corrected chi connectivity index (χ3v) is 19.1. The molecule has 2 aromatic carbocycles. The number of ether oxygens (including phenoxy) is 32. The van der Waals surface area contributed by atoms with Crippen molar-refractivity contribution in [1.29, 1.82) is 0 Å². The predicted octanol–water partition coefficient (Wildman–Crippen LogP) is 2.71. The topological polar surface area (TPSA) is 295 Å². The average molecular weight is 1460 g/mol. The number of hydrogen-bond acceptors (Lipinski definition) is 32. The summed E-state index contributed by atoms with van der Waals surface area (Å²) in [5.74, 6) is 2.12. The summed E-state index contributed by atoms with van der Waals surface area (Å²) in [5.41, 5.74) is 0. The van der Waals surface area contributed by atoms with E-state index in [-0.39, 0.29) is 39.6 Å². The SMILES string of the molecule is C=CCOc1ccc(OC[C@H]2O[C@@H]3O[C@H]4[C@H](OC)[C@@H](OC)[C@@H](O[C@H]5[C@H](OC)[C@@H](OC)[C@@H](O[C@H]6[C@H](OC)[C@@H](OC)[C@@H](O[C@H]7[C@H](OC)[C@@H](OC)[C@@H](O[C@H]8[C@H](OC)[C@@H](OC)[C@@H](O[C@H]2[C@H](OC)[C@H]3OC)O[C@@H]8COC)O[C@@H]7COC)O[C@@H]6COC)O[C@@H]5COC)O[C@@H]4COc2ccc(OCC=C)cc2)cc1. The van der Waals surface area contributed by atoms with Gasteiger partial charge in [0.2, 0.25) is 0 Å². The van der Waals surface area contributed by atoms with Gasteiger partial charge in [0.1, 0.15) is 196 Å². The van der Waals surface area contributed by atoms with Gasteiger partial charge >= 0.3 is 0 Å². The van der Waals surface area contributed by atoms with E-state index in [1.54, 1.807) is 60.7 Å². The van der Waals surface area contributed by atoms with Crippen molar-refractivity contribution in [2.45, 2.75) is 184 Å². The normalized spacial score (nSPS) is 39.7. The van der Waals surface area contributed by atoms with Crippen molar-refractivity contribution in [3.05, 3.63) is 73.8 Å². The summed E-state index contributed by atoms with van der Waals surface area (Å²) in [7, 11) is 24.2. The molecule has 0 radical (unpaired) electrons. The fourth-order valence-electron chi connectivity index (χ4n) is 14.3. The maximum Gasteiger partial charge on any atom is 0.187 e. The van der Waals surface area contributed by atoms with Crippen LogP contribution < -0.4 is 18.9 Å². The lowest BCUT2D eigenvalue weighted by molar-refractivity contribution is -0.409. The minimum absolute atomic E-state index is 0.0342. The molecule has 0 amide bonds. The first-order valence-corrected chi connectivity index (χ1v) is 33.9. The third-order valence-electron chi connectivity index (χ3n) is 19.1. The van der Waals surface area contributed by atoms with Crippen LogP contribution in [0.25, 0.3) is 0 Å². The van der Waals surface area contributed by atoms with E-state index in [1.165, 1.54) is 114 Å². The highest BCUT2D eigenvalue weighted by molar-refractivity contribution is 5.32. The van der Waals surface area contributed by atoms with Gasteiger partial charge in [-0.3, -0.25) is 0 Å². The molecular formula is C70H108O32. The standard InChI is InChI=1S/C70H108O32/c1-19-29-87-37-21-25-39(26-22-37)89-35-45-51-57(79-11)64(86-18)70(96-45)102-52-46(36-90-40-27-23-38(24-28-40)88-30-20-2)95-69(63(85-17)58(52)80-12)100-50-44(34-74-6)93-67(61(83-15)56(50)78-10)98-48-42(32-72-4)91-65(59(81-13)54(48)76-8)97-47-41(31-71-3)92-66(60(82-14)53(47)75-7)99-49-43(33-73-5)94-68(101-51)62(84-16)55(49)77-9/h19-28,41-70H,1-2,29-36H2,3-18H3/t41-,42-,43-,44-,45-,46-,47-,48-,49-,50-,51-,52-,53+,54+,55+,56+,57+,58+,59-,60-,61-,62-,63-,64-,65-,66-,67-,68-,69-,70-/m1/s1. The van der Waals surface area contributed by atoms with Crippen molar-refractivity contribution in [1.82, 2.24) is 0 Å². The molecular weight excluding hydrogens is 1350 g/mol. The van der Waals surface area contributed by atoms with E-state index in [2.05, 4.69) is 13.2 Å². The van der Waals surface area contributed by atoms with Crippen LogP contribution in [-0.4, -0.2) is 351 Å². The van der Waals surface area contributed by atoms with E-state index in [9.17, 15) is 0 Å². The van der Waals surface area contributed by atoms with Crippen LogP contribution in [0.15, 0.2) is 73.8 Å². The molecule has 0 spiro atoms. The first-order chi connectivity index (χ1) is 49.8. The van der Waals surface area contributed by atoms with E-state index in [1.807, 2.05) is 0 Å². The highest BCUT2D eigenvalue weighted by Crippen LogP contribution is 2.43. The highest BCUT2D eigenvalue weighted by atomic mass is 16.8. The van der Waals surface area contributed by atoms with Gasteiger partial charge in [-0.05, 0) is 48.5 Å².